The molecule has 1 N–H and O–H groups in total. The summed E-state index contributed by atoms with van der Waals surface area (Å²) >= 11 is 6.15. The summed E-state index contributed by atoms with van der Waals surface area (Å²) < 4.78 is 2.32. The fraction of sp³-hybridized carbons (Fsp3) is 0.125. The number of aryl methyl sites for hydroxylation is 2. The van der Waals surface area contributed by atoms with E-state index >= 15 is 0 Å². The van der Waals surface area contributed by atoms with Crippen LogP contribution in [0.3, 0.4) is 0 Å². The number of aromatic nitrogens is 1. The first kappa shape index (κ1) is 18.3. The molecule has 0 unspecified atom stereocenters. The molecule has 3 nitrogen and oxygen atoms in total. The molecule has 4 rings (SSSR count). The average molecular weight is 389 g/mol. The van der Waals surface area contributed by atoms with Crippen LogP contribution in [0.4, 0.5) is 5.69 Å². The van der Waals surface area contributed by atoms with Crippen LogP contribution >= 0.6 is 11.6 Å². The van der Waals surface area contributed by atoms with Crippen LogP contribution in [0.1, 0.15) is 22.8 Å². The fourth-order valence-electron chi connectivity index (χ4n) is 3.74. The molecule has 0 aliphatic rings. The largest absolute Gasteiger partial charge is 0.341 e. The van der Waals surface area contributed by atoms with Crippen molar-refractivity contribution in [3.63, 3.8) is 0 Å². The lowest BCUT2D eigenvalue weighted by Crippen LogP contribution is -2.12. The zero-order valence-electron chi connectivity index (χ0n) is 15.9. The van der Waals surface area contributed by atoms with Gasteiger partial charge in [-0.3, -0.25) is 4.79 Å². The number of hydrogen-bond acceptors (Lipinski definition) is 1. The van der Waals surface area contributed by atoms with Gasteiger partial charge in [0.1, 0.15) is 0 Å². The Kier molecular flexibility index (Phi) is 4.93. The summed E-state index contributed by atoms with van der Waals surface area (Å²) in [4.78, 5) is 12.6. The highest BCUT2D eigenvalue weighted by atomic mass is 35.5. The summed E-state index contributed by atoms with van der Waals surface area (Å²) in [7, 11) is 0. The number of nitrogens with zero attached hydrogens (tertiary/aromatic N) is 1. The second-order valence-corrected chi connectivity index (χ2v) is 7.16. The molecule has 0 saturated heterocycles. The molecule has 0 spiro atoms. The molecule has 4 aromatic rings. The van der Waals surface area contributed by atoms with Gasteiger partial charge in [0.05, 0.1) is 16.3 Å². The van der Waals surface area contributed by atoms with Crippen molar-refractivity contribution in [1.29, 1.82) is 0 Å². The van der Waals surface area contributed by atoms with Crippen molar-refractivity contribution in [2.24, 2.45) is 0 Å². The first-order chi connectivity index (χ1) is 13.6. The van der Waals surface area contributed by atoms with Crippen LogP contribution in [-0.2, 0) is 6.54 Å². The number of anilines is 1. The third-order valence-electron chi connectivity index (χ3n) is 5.06. The smallest absolute Gasteiger partial charge is 0.257 e. The zero-order valence-corrected chi connectivity index (χ0v) is 16.6. The number of carbonyl (C=O) groups excluding carboxylic acids is 1. The Morgan fingerprint density at radius 2 is 1.71 bits per heavy atom. The van der Waals surface area contributed by atoms with Gasteiger partial charge in [-0.2, -0.15) is 0 Å². The Balaban J connectivity index is 1.77. The number of hydrogen-bond donors (Lipinski definition) is 1. The molecule has 0 saturated carbocycles. The second kappa shape index (κ2) is 7.53. The maximum Gasteiger partial charge on any atom is 0.257 e. The van der Waals surface area contributed by atoms with Crippen LogP contribution in [0.2, 0.25) is 5.02 Å². The lowest BCUT2D eigenvalue weighted by molar-refractivity contribution is 0.102. The van der Waals surface area contributed by atoms with Gasteiger partial charge in [-0.1, -0.05) is 54.1 Å². The van der Waals surface area contributed by atoms with Gasteiger partial charge in [-0.25, -0.2) is 0 Å². The van der Waals surface area contributed by atoms with Crippen molar-refractivity contribution in [3.05, 3.63) is 88.9 Å². The van der Waals surface area contributed by atoms with Gasteiger partial charge in [0, 0.05) is 23.1 Å². The molecule has 4 heteroatoms. The molecular weight excluding hydrogens is 368 g/mol. The highest BCUT2D eigenvalue weighted by molar-refractivity contribution is 6.34. The lowest BCUT2D eigenvalue weighted by atomic mass is 10.1. The van der Waals surface area contributed by atoms with Crippen molar-refractivity contribution in [3.8, 4) is 11.3 Å². The van der Waals surface area contributed by atoms with E-state index in [0.29, 0.717) is 10.6 Å². The summed E-state index contributed by atoms with van der Waals surface area (Å²) in [6, 6.07) is 23.5. The van der Waals surface area contributed by atoms with Crippen molar-refractivity contribution in [1.82, 2.24) is 4.57 Å². The Morgan fingerprint density at radius 3 is 2.43 bits per heavy atom. The van der Waals surface area contributed by atoms with E-state index in [0.717, 1.165) is 23.1 Å². The molecule has 1 amide bonds. The summed E-state index contributed by atoms with van der Waals surface area (Å²) in [5, 5.41) is 4.55. The molecule has 0 radical (unpaired) electrons. The SMILES string of the molecule is CCn1c(-c2ccccc2)c(C)c2cc(NC(=O)c3ccccc3Cl)ccc21. The average Bonchev–Trinajstić information content (AvgIpc) is 3.00. The third-order valence-corrected chi connectivity index (χ3v) is 5.39. The summed E-state index contributed by atoms with van der Waals surface area (Å²) in [6.07, 6.45) is 0. The summed E-state index contributed by atoms with van der Waals surface area (Å²) in [5.41, 5.74) is 6.00. The van der Waals surface area contributed by atoms with Crippen LogP contribution in [0.25, 0.3) is 22.2 Å². The van der Waals surface area contributed by atoms with Gasteiger partial charge in [0.25, 0.3) is 5.91 Å². The first-order valence-corrected chi connectivity index (χ1v) is 9.72. The highest BCUT2D eigenvalue weighted by Crippen LogP contribution is 2.34. The molecule has 0 bridgehead atoms. The van der Waals surface area contributed by atoms with E-state index in [2.05, 4.69) is 54.1 Å². The van der Waals surface area contributed by atoms with E-state index in [-0.39, 0.29) is 5.91 Å². The molecular formula is C24H21ClN2O. The normalized spacial score (nSPS) is 11.0. The molecule has 0 atom stereocenters. The van der Waals surface area contributed by atoms with Crippen molar-refractivity contribution in [2.45, 2.75) is 20.4 Å². The number of nitrogens with one attached hydrogen (secondary N) is 1. The number of amides is 1. The van der Waals surface area contributed by atoms with Gasteiger partial charge in [0.15, 0.2) is 0 Å². The van der Waals surface area contributed by atoms with Crippen molar-refractivity contribution in [2.75, 3.05) is 5.32 Å². The maximum absolute atomic E-state index is 12.6. The summed E-state index contributed by atoms with van der Waals surface area (Å²) in [6.45, 7) is 5.16. The minimum Gasteiger partial charge on any atom is -0.341 e. The maximum atomic E-state index is 12.6. The second-order valence-electron chi connectivity index (χ2n) is 6.75. The Hall–Kier alpha value is -3.04. The van der Waals surface area contributed by atoms with Crippen LogP contribution in [0.5, 0.6) is 0 Å². The van der Waals surface area contributed by atoms with E-state index in [1.807, 2.05) is 30.3 Å². The molecule has 140 valence electrons. The van der Waals surface area contributed by atoms with Gasteiger partial charge < -0.3 is 9.88 Å². The van der Waals surface area contributed by atoms with Gasteiger partial charge in [0.2, 0.25) is 0 Å². The molecule has 3 aromatic carbocycles. The molecule has 28 heavy (non-hydrogen) atoms. The quantitative estimate of drug-likeness (QED) is 0.423. The topological polar surface area (TPSA) is 34.0 Å². The van der Waals surface area contributed by atoms with Crippen LogP contribution in [-0.4, -0.2) is 10.5 Å². The van der Waals surface area contributed by atoms with Crippen LogP contribution in [0.15, 0.2) is 72.8 Å². The number of carbonyl (C=O) groups is 1. The molecule has 0 fully saturated rings. The third kappa shape index (κ3) is 3.19. The van der Waals surface area contributed by atoms with Gasteiger partial charge in [-0.15, -0.1) is 0 Å². The minimum atomic E-state index is -0.208. The molecule has 0 aliphatic heterocycles. The Labute approximate surface area is 169 Å². The van der Waals surface area contributed by atoms with E-state index in [4.69, 9.17) is 11.6 Å². The van der Waals surface area contributed by atoms with Crippen molar-refractivity contribution < 1.29 is 4.79 Å². The molecule has 1 heterocycles. The summed E-state index contributed by atoms with van der Waals surface area (Å²) in [5.74, 6) is -0.208. The van der Waals surface area contributed by atoms with E-state index in [1.165, 1.54) is 16.8 Å². The number of benzene rings is 3. The first-order valence-electron chi connectivity index (χ1n) is 9.34. The fourth-order valence-corrected chi connectivity index (χ4v) is 3.96. The van der Waals surface area contributed by atoms with E-state index in [9.17, 15) is 4.79 Å². The minimum absolute atomic E-state index is 0.208. The Bertz CT molecular complexity index is 1160. The number of rotatable bonds is 4. The predicted molar refractivity (Wildman–Crippen MR) is 117 cm³/mol. The lowest BCUT2D eigenvalue weighted by Gasteiger charge is -2.09. The van der Waals surface area contributed by atoms with Crippen LogP contribution < -0.4 is 5.32 Å². The highest BCUT2D eigenvalue weighted by Gasteiger charge is 2.16. The van der Waals surface area contributed by atoms with Gasteiger partial charge >= 0.3 is 0 Å². The van der Waals surface area contributed by atoms with Crippen molar-refractivity contribution >= 4 is 34.1 Å². The molecule has 1 aromatic heterocycles. The van der Waals surface area contributed by atoms with E-state index < -0.39 is 0 Å². The van der Waals surface area contributed by atoms with Gasteiger partial charge in [-0.05, 0) is 55.3 Å². The number of halogens is 1. The van der Waals surface area contributed by atoms with E-state index in [1.54, 1.807) is 12.1 Å². The van der Waals surface area contributed by atoms with Crippen LogP contribution in [0, 0.1) is 6.92 Å². The monoisotopic (exact) mass is 388 g/mol. The standard InChI is InChI=1S/C24H21ClN2O/c1-3-27-22-14-13-18(26-24(28)19-11-7-8-12-21(19)25)15-20(22)16(2)23(27)17-9-5-4-6-10-17/h4-15H,3H2,1-2H3,(H,26,28). The predicted octanol–water partition coefficient (Wildman–Crippen LogP) is 6.54. The molecule has 0 aliphatic carbocycles. The number of fused-ring (bicyclic) bond motifs is 1. The Morgan fingerprint density at radius 1 is 1.00 bits per heavy atom. The zero-order chi connectivity index (χ0) is 19.7.